The van der Waals surface area contributed by atoms with Crippen LogP contribution in [0.3, 0.4) is 0 Å². The molecule has 0 atom stereocenters. The summed E-state index contributed by atoms with van der Waals surface area (Å²) in [6.07, 6.45) is -3.24. The number of benzene rings is 1. The zero-order chi connectivity index (χ0) is 19.5. The Balaban J connectivity index is 0.000000257. The summed E-state index contributed by atoms with van der Waals surface area (Å²) >= 11 is 0. The molecular formula is C16H19F3N2O3S. The molecule has 2 rings (SSSR count). The maximum Gasteiger partial charge on any atom is 0.433 e. The molecule has 0 aliphatic rings. The van der Waals surface area contributed by atoms with E-state index >= 15 is 0 Å². The molecule has 0 amide bonds. The van der Waals surface area contributed by atoms with Crippen LogP contribution in [0.1, 0.15) is 30.7 Å². The van der Waals surface area contributed by atoms with Crippen molar-refractivity contribution >= 4 is 10.1 Å². The van der Waals surface area contributed by atoms with Crippen LogP contribution in [0.5, 0.6) is 0 Å². The molecule has 3 N–H and O–H groups in total. The lowest BCUT2D eigenvalue weighted by molar-refractivity contribution is -0.141. The highest BCUT2D eigenvalue weighted by Crippen LogP contribution is 2.28. The first-order chi connectivity index (χ1) is 11.2. The van der Waals surface area contributed by atoms with Gasteiger partial charge in [0.05, 0.1) is 4.90 Å². The van der Waals surface area contributed by atoms with Crippen LogP contribution in [-0.2, 0) is 21.8 Å². The largest absolute Gasteiger partial charge is 0.433 e. The van der Waals surface area contributed by atoms with Crippen LogP contribution in [0.4, 0.5) is 13.2 Å². The first-order valence-electron chi connectivity index (χ1n) is 7.08. The molecule has 0 saturated heterocycles. The molecule has 0 fully saturated rings. The molecule has 2 aromatic rings. The monoisotopic (exact) mass is 376 g/mol. The third-order valence-electron chi connectivity index (χ3n) is 3.12. The Labute approximate surface area is 144 Å². The summed E-state index contributed by atoms with van der Waals surface area (Å²) in [5.74, 6) is 0. The van der Waals surface area contributed by atoms with Gasteiger partial charge in [0.1, 0.15) is 5.69 Å². The van der Waals surface area contributed by atoms with E-state index in [0.717, 1.165) is 17.8 Å². The van der Waals surface area contributed by atoms with Gasteiger partial charge in [0, 0.05) is 11.7 Å². The van der Waals surface area contributed by atoms with Gasteiger partial charge in [-0.15, -0.1) is 0 Å². The second-order valence-electron chi connectivity index (χ2n) is 5.94. The van der Waals surface area contributed by atoms with Crippen LogP contribution >= 0.6 is 0 Å². The number of aromatic nitrogens is 1. The average Bonchev–Trinajstić information content (AvgIpc) is 2.46. The van der Waals surface area contributed by atoms with Gasteiger partial charge in [0.15, 0.2) is 0 Å². The lowest BCUT2D eigenvalue weighted by Crippen LogP contribution is -2.29. The smallest absolute Gasteiger partial charge is 0.322 e. The van der Waals surface area contributed by atoms with Crippen LogP contribution in [-0.4, -0.2) is 18.0 Å². The third kappa shape index (κ3) is 6.81. The highest BCUT2D eigenvalue weighted by molar-refractivity contribution is 7.85. The fraction of sp³-hybridized carbons (Fsp3) is 0.312. The Morgan fingerprint density at radius 2 is 1.56 bits per heavy atom. The maximum atomic E-state index is 12.1. The van der Waals surface area contributed by atoms with E-state index in [-0.39, 0.29) is 4.90 Å². The fourth-order valence-electron chi connectivity index (χ4n) is 1.65. The molecule has 0 aliphatic carbocycles. The Morgan fingerprint density at radius 3 is 1.88 bits per heavy atom. The van der Waals surface area contributed by atoms with Crippen LogP contribution in [0.15, 0.2) is 47.5 Å². The van der Waals surface area contributed by atoms with Gasteiger partial charge in [-0.3, -0.25) is 9.54 Å². The third-order valence-corrected chi connectivity index (χ3v) is 3.98. The van der Waals surface area contributed by atoms with E-state index in [1.165, 1.54) is 18.2 Å². The first-order valence-corrected chi connectivity index (χ1v) is 8.52. The molecular weight excluding hydrogens is 357 g/mol. The molecule has 1 aromatic carbocycles. The lowest BCUT2D eigenvalue weighted by atomic mass is 9.97. The van der Waals surface area contributed by atoms with Gasteiger partial charge < -0.3 is 5.73 Å². The number of nitrogens with two attached hydrogens (primary N) is 1. The molecule has 1 aromatic heterocycles. The molecule has 25 heavy (non-hydrogen) atoms. The standard InChI is InChI=1S/C9H11F3N2.C7H8O3S/c1-8(2,13)6-3-4-7(14-5-6)9(10,11)12;1-6-2-4-7(5-3-6)11(8,9)10/h3-5H,13H2,1-2H3;2-5H,1H3,(H,8,9,10). The van der Waals surface area contributed by atoms with Crippen molar-refractivity contribution in [2.45, 2.75) is 37.4 Å². The summed E-state index contributed by atoms with van der Waals surface area (Å²) in [5, 5.41) is 0. The molecule has 138 valence electrons. The lowest BCUT2D eigenvalue weighted by Gasteiger charge is -2.18. The van der Waals surface area contributed by atoms with E-state index < -0.39 is 27.5 Å². The van der Waals surface area contributed by atoms with Crippen molar-refractivity contribution in [1.29, 1.82) is 0 Å². The average molecular weight is 376 g/mol. The van der Waals surface area contributed by atoms with Crippen LogP contribution < -0.4 is 5.73 Å². The van der Waals surface area contributed by atoms with E-state index in [0.29, 0.717) is 5.56 Å². The van der Waals surface area contributed by atoms with Gasteiger partial charge in [0.25, 0.3) is 10.1 Å². The van der Waals surface area contributed by atoms with Crippen molar-refractivity contribution in [1.82, 2.24) is 4.98 Å². The maximum absolute atomic E-state index is 12.1. The van der Waals surface area contributed by atoms with Crippen LogP contribution in [0, 0.1) is 6.92 Å². The number of hydrogen-bond acceptors (Lipinski definition) is 4. The molecule has 0 saturated carbocycles. The first kappa shape index (κ1) is 21.1. The van der Waals surface area contributed by atoms with Gasteiger partial charge >= 0.3 is 6.18 Å². The van der Waals surface area contributed by atoms with Crippen molar-refractivity contribution < 1.29 is 26.1 Å². The van der Waals surface area contributed by atoms with Gasteiger partial charge in [-0.2, -0.15) is 21.6 Å². The van der Waals surface area contributed by atoms with Crippen LogP contribution in [0.2, 0.25) is 0 Å². The number of aryl methyl sites for hydroxylation is 1. The molecule has 0 unspecified atom stereocenters. The molecule has 0 spiro atoms. The number of halogens is 3. The minimum atomic E-state index is -4.39. The Bertz CT molecular complexity index is 762. The summed E-state index contributed by atoms with van der Waals surface area (Å²) in [7, 11) is -4.02. The minimum Gasteiger partial charge on any atom is -0.322 e. The predicted octanol–water partition coefficient (Wildman–Crippen LogP) is 3.54. The van der Waals surface area contributed by atoms with Gasteiger partial charge in [0.2, 0.25) is 0 Å². The van der Waals surface area contributed by atoms with Crippen molar-refractivity contribution in [2.75, 3.05) is 0 Å². The molecule has 1 heterocycles. The topological polar surface area (TPSA) is 93.3 Å². The number of rotatable bonds is 2. The summed E-state index contributed by atoms with van der Waals surface area (Å²) in [5.41, 5.74) is 5.66. The highest BCUT2D eigenvalue weighted by Gasteiger charge is 2.32. The van der Waals surface area contributed by atoms with E-state index in [4.69, 9.17) is 10.3 Å². The van der Waals surface area contributed by atoms with Crippen molar-refractivity contribution in [3.8, 4) is 0 Å². The van der Waals surface area contributed by atoms with Crippen molar-refractivity contribution in [3.05, 3.63) is 59.4 Å². The number of pyridine rings is 1. The quantitative estimate of drug-likeness (QED) is 0.782. The number of hydrogen-bond donors (Lipinski definition) is 2. The van der Waals surface area contributed by atoms with Gasteiger partial charge in [-0.05, 0) is 44.5 Å². The minimum absolute atomic E-state index is 0.0666. The van der Waals surface area contributed by atoms with E-state index in [1.807, 2.05) is 6.92 Å². The van der Waals surface area contributed by atoms with Gasteiger partial charge in [-0.1, -0.05) is 23.8 Å². The summed E-state index contributed by atoms with van der Waals surface area (Å²) < 4.78 is 65.9. The second kappa shape index (κ2) is 7.51. The van der Waals surface area contributed by atoms with E-state index in [1.54, 1.807) is 26.0 Å². The summed E-state index contributed by atoms with van der Waals surface area (Å²) in [6.45, 7) is 5.25. The molecule has 0 radical (unpaired) electrons. The predicted molar refractivity (Wildman–Crippen MR) is 87.4 cm³/mol. The molecule has 0 aliphatic heterocycles. The van der Waals surface area contributed by atoms with E-state index in [9.17, 15) is 21.6 Å². The second-order valence-corrected chi connectivity index (χ2v) is 7.36. The summed E-state index contributed by atoms with van der Waals surface area (Å²) in [4.78, 5) is 3.24. The highest BCUT2D eigenvalue weighted by atomic mass is 32.2. The number of nitrogens with zero attached hydrogens (tertiary/aromatic N) is 1. The summed E-state index contributed by atoms with van der Waals surface area (Å²) in [6, 6.07) is 8.27. The number of alkyl halides is 3. The molecule has 9 heteroatoms. The zero-order valence-electron chi connectivity index (χ0n) is 13.9. The SMILES string of the molecule is CC(C)(N)c1ccc(C(F)(F)F)nc1.Cc1ccc(S(=O)(=O)O)cc1. The fourth-order valence-corrected chi connectivity index (χ4v) is 2.13. The van der Waals surface area contributed by atoms with Crippen molar-refractivity contribution in [3.63, 3.8) is 0 Å². The van der Waals surface area contributed by atoms with Gasteiger partial charge in [-0.25, -0.2) is 0 Å². The normalized spacial score (nSPS) is 12.3. The Morgan fingerprint density at radius 1 is 1.04 bits per heavy atom. The molecule has 0 bridgehead atoms. The molecule has 5 nitrogen and oxygen atoms in total. The van der Waals surface area contributed by atoms with Crippen molar-refractivity contribution in [2.24, 2.45) is 5.73 Å². The zero-order valence-corrected chi connectivity index (χ0v) is 14.7. The Hall–Kier alpha value is -1.97. The van der Waals surface area contributed by atoms with E-state index in [2.05, 4.69) is 4.98 Å². The Kier molecular flexibility index (Phi) is 6.33. The van der Waals surface area contributed by atoms with Crippen LogP contribution in [0.25, 0.3) is 0 Å².